The van der Waals surface area contributed by atoms with Crippen LogP contribution in [0.4, 0.5) is 0 Å². The van der Waals surface area contributed by atoms with Gasteiger partial charge in [0.25, 0.3) is 0 Å². The van der Waals surface area contributed by atoms with Crippen LogP contribution in [-0.2, 0) is 23.9 Å². The van der Waals surface area contributed by atoms with Crippen LogP contribution in [0.1, 0.15) is 94.8 Å². The molecule has 0 atom stereocenters. The number of hydrogen-bond acceptors (Lipinski definition) is 5. The largest absolute Gasteiger partial charge is 0.469 e. The minimum atomic E-state index is -0.358. The van der Waals surface area contributed by atoms with Crippen LogP contribution in [0.2, 0.25) is 0 Å². The molecule has 0 heterocycles. The number of amides is 2. The molecule has 0 saturated carbocycles. The first-order chi connectivity index (χ1) is 13.3. The van der Waals surface area contributed by atoms with Crippen molar-refractivity contribution in [3.63, 3.8) is 0 Å². The SMILES string of the molecule is CC.CC.CCC.CCCC(=O)CCC(=O)NC.CNC(=O)CCC(=O)OC.[2HH]. The van der Waals surface area contributed by atoms with Gasteiger partial charge in [-0.1, -0.05) is 54.9 Å². The second kappa shape index (κ2) is 36.1. The van der Waals surface area contributed by atoms with E-state index in [1.807, 2.05) is 34.6 Å². The van der Waals surface area contributed by atoms with Crippen molar-refractivity contribution < 1.29 is 25.3 Å². The number of ether oxygens (including phenoxy) is 1. The molecule has 2 amide bonds. The quantitative estimate of drug-likeness (QED) is 0.583. The first-order valence-corrected chi connectivity index (χ1v) is 10.3. The van der Waals surface area contributed by atoms with Gasteiger partial charge in [0.1, 0.15) is 5.78 Å². The molecule has 0 radical (unpaired) electrons. The fourth-order valence-corrected chi connectivity index (χ4v) is 1.22. The van der Waals surface area contributed by atoms with Crippen molar-refractivity contribution in [1.82, 2.24) is 10.6 Å². The second-order valence-electron chi connectivity index (χ2n) is 4.92. The summed E-state index contributed by atoms with van der Waals surface area (Å²) in [7, 11) is 4.40. The van der Waals surface area contributed by atoms with Crippen LogP contribution in [-0.4, -0.2) is 44.8 Å². The second-order valence-corrected chi connectivity index (χ2v) is 4.92. The number of Topliss-reactive ketones (excluding diaryl/α,β-unsaturated/α-hetero) is 1. The Hall–Kier alpha value is -1.92. The van der Waals surface area contributed by atoms with Crippen LogP contribution >= 0.6 is 0 Å². The number of nitrogens with one attached hydrogen (secondary N) is 2. The van der Waals surface area contributed by atoms with Gasteiger partial charge < -0.3 is 15.4 Å². The Morgan fingerprint density at radius 1 is 0.714 bits per heavy atom. The molecule has 0 aromatic rings. The number of carbonyl (C=O) groups is 4. The highest BCUT2D eigenvalue weighted by Crippen LogP contribution is 1.97. The summed E-state index contributed by atoms with van der Waals surface area (Å²) in [6, 6.07) is 0. The van der Waals surface area contributed by atoms with Gasteiger partial charge in [-0.2, -0.15) is 0 Å². The molecule has 0 spiro atoms. The van der Waals surface area contributed by atoms with Crippen molar-refractivity contribution >= 4 is 23.6 Å². The van der Waals surface area contributed by atoms with E-state index in [0.717, 1.165) is 6.42 Å². The van der Waals surface area contributed by atoms with Gasteiger partial charge in [-0.05, 0) is 6.42 Å². The van der Waals surface area contributed by atoms with Gasteiger partial charge in [0.05, 0.1) is 13.5 Å². The number of rotatable bonds is 8. The molecule has 0 aliphatic rings. The zero-order chi connectivity index (χ0) is 23.4. The van der Waals surface area contributed by atoms with Crippen molar-refractivity contribution in [2.45, 2.75) is 93.4 Å². The molecule has 7 heteroatoms. The summed E-state index contributed by atoms with van der Waals surface area (Å²) in [5.41, 5.74) is 0. The van der Waals surface area contributed by atoms with Crippen molar-refractivity contribution in [1.29, 1.82) is 0 Å². The van der Waals surface area contributed by atoms with Crippen LogP contribution in [0.5, 0.6) is 0 Å². The Morgan fingerprint density at radius 2 is 1.07 bits per heavy atom. The summed E-state index contributed by atoms with van der Waals surface area (Å²) in [4.78, 5) is 42.5. The maximum atomic E-state index is 10.9. The molecule has 0 unspecified atom stereocenters. The van der Waals surface area contributed by atoms with Gasteiger partial charge in [-0.3, -0.25) is 19.2 Å². The van der Waals surface area contributed by atoms with Crippen LogP contribution in [0.3, 0.4) is 0 Å². The maximum Gasteiger partial charge on any atom is 0.306 e. The van der Waals surface area contributed by atoms with Crippen molar-refractivity contribution in [2.75, 3.05) is 21.2 Å². The third-order valence-corrected chi connectivity index (χ3v) is 2.50. The number of esters is 1. The first-order valence-electron chi connectivity index (χ1n) is 10.3. The van der Waals surface area contributed by atoms with Gasteiger partial charge in [0.15, 0.2) is 0 Å². The molecule has 0 saturated heterocycles. The Bertz CT molecular complexity index is 349. The molecule has 2 N–H and O–H groups in total. The summed E-state index contributed by atoms with van der Waals surface area (Å²) in [5, 5.41) is 4.87. The highest BCUT2D eigenvalue weighted by Gasteiger charge is 2.04. The summed E-state index contributed by atoms with van der Waals surface area (Å²) >= 11 is 0. The third-order valence-electron chi connectivity index (χ3n) is 2.50. The van der Waals surface area contributed by atoms with Crippen LogP contribution in [0, 0.1) is 0 Å². The van der Waals surface area contributed by atoms with Gasteiger partial charge in [-0.25, -0.2) is 0 Å². The summed E-state index contributed by atoms with van der Waals surface area (Å²) < 4.78 is 4.33. The first kappa shape index (κ1) is 36.9. The molecule has 0 bridgehead atoms. The molecular formula is C21H48N2O5. The average Bonchev–Trinajstić information content (AvgIpc) is 2.74. The van der Waals surface area contributed by atoms with E-state index in [-0.39, 0.29) is 37.8 Å². The highest BCUT2D eigenvalue weighted by molar-refractivity contribution is 5.84. The molecule has 172 valence electrons. The van der Waals surface area contributed by atoms with E-state index in [0.29, 0.717) is 19.3 Å². The molecule has 28 heavy (non-hydrogen) atoms. The number of methoxy groups -OCH3 is 1. The Balaban J connectivity index is -0.0000000679. The molecule has 7 nitrogen and oxygen atoms in total. The standard InChI is InChI=1S/C8H15NO2.C6H11NO3.C3H8.2C2H6.H2/c1-3-4-7(10)5-6-8(11)9-2;1-7-5(8)3-4-6(9)10-2;1-3-2;2*1-2;/h3-6H2,1-2H3,(H,9,11);3-4H2,1-2H3,(H,7,8);3H2,1-2H3;2*1-2H3;1H/i;;;;;1+1. The third kappa shape index (κ3) is 44.0. The van der Waals surface area contributed by atoms with Gasteiger partial charge >= 0.3 is 5.97 Å². The van der Waals surface area contributed by atoms with Crippen LogP contribution < -0.4 is 10.6 Å². The number of carbonyl (C=O) groups excluding carboxylic acids is 4. The van der Waals surface area contributed by atoms with E-state index >= 15 is 0 Å². The zero-order valence-electron chi connectivity index (χ0n) is 20.0. The van der Waals surface area contributed by atoms with E-state index < -0.39 is 0 Å². The molecule has 0 aromatic heterocycles. The topological polar surface area (TPSA) is 102 Å². The van der Waals surface area contributed by atoms with Crippen molar-refractivity contribution in [3.8, 4) is 0 Å². The Kier molecular flexibility index (Phi) is 47.6. The summed E-state index contributed by atoms with van der Waals surface area (Å²) in [5.74, 6) is -0.389. The smallest absolute Gasteiger partial charge is 0.306 e. The van der Waals surface area contributed by atoms with E-state index in [9.17, 15) is 19.2 Å². The molecule has 0 rings (SSSR count). The molecule has 0 aromatic carbocycles. The molecule has 0 aliphatic heterocycles. The average molecular weight is 410 g/mol. The van der Waals surface area contributed by atoms with Gasteiger partial charge in [0, 0.05) is 41.2 Å². The minimum absolute atomic E-state index is 0. The van der Waals surface area contributed by atoms with E-state index in [4.69, 9.17) is 0 Å². The lowest BCUT2D eigenvalue weighted by molar-refractivity contribution is -0.142. The summed E-state index contributed by atoms with van der Waals surface area (Å²) in [6.07, 6.45) is 3.77. The van der Waals surface area contributed by atoms with Crippen molar-refractivity contribution in [3.05, 3.63) is 0 Å². The van der Waals surface area contributed by atoms with Gasteiger partial charge in [-0.15, -0.1) is 0 Å². The molecule has 0 aliphatic carbocycles. The van der Waals surface area contributed by atoms with Crippen LogP contribution in [0.15, 0.2) is 0 Å². The van der Waals surface area contributed by atoms with E-state index in [1.54, 1.807) is 7.05 Å². The lowest BCUT2D eigenvalue weighted by Gasteiger charge is -1.97. The lowest BCUT2D eigenvalue weighted by Crippen LogP contribution is -2.18. The number of ketones is 1. The lowest BCUT2D eigenvalue weighted by atomic mass is 10.1. The monoisotopic (exact) mass is 409 g/mol. The Labute approximate surface area is 174 Å². The summed E-state index contributed by atoms with van der Waals surface area (Å²) in [6.45, 7) is 14.2. The highest BCUT2D eigenvalue weighted by atomic mass is 16.5. The van der Waals surface area contributed by atoms with E-state index in [1.165, 1.54) is 20.6 Å². The van der Waals surface area contributed by atoms with Gasteiger partial charge in [0.2, 0.25) is 11.8 Å². The van der Waals surface area contributed by atoms with E-state index in [2.05, 4.69) is 29.2 Å². The normalized spacial score (nSPS) is 7.79. The van der Waals surface area contributed by atoms with Crippen LogP contribution in [0.25, 0.3) is 0 Å². The fourth-order valence-electron chi connectivity index (χ4n) is 1.22. The number of hydrogen-bond donors (Lipinski definition) is 2. The predicted molar refractivity (Wildman–Crippen MR) is 119 cm³/mol. The molecular weight excluding hydrogens is 360 g/mol. The minimum Gasteiger partial charge on any atom is -0.469 e. The van der Waals surface area contributed by atoms with Crippen molar-refractivity contribution in [2.24, 2.45) is 0 Å². The zero-order valence-corrected chi connectivity index (χ0v) is 20.0. The maximum absolute atomic E-state index is 10.9. The fraction of sp³-hybridized carbons (Fsp3) is 0.810. The molecule has 0 fully saturated rings. The predicted octanol–water partition coefficient (Wildman–Crippen LogP) is 4.28. The Morgan fingerprint density at radius 3 is 1.36 bits per heavy atom.